The van der Waals surface area contributed by atoms with Gasteiger partial charge in [0, 0.05) is 54.9 Å². The molecule has 3 aromatic carbocycles. The van der Waals surface area contributed by atoms with Gasteiger partial charge in [-0.25, -0.2) is 4.79 Å². The topological polar surface area (TPSA) is 117 Å². The van der Waals surface area contributed by atoms with Gasteiger partial charge in [-0.3, -0.25) is 19.3 Å². The summed E-state index contributed by atoms with van der Waals surface area (Å²) in [5, 5.41) is 6.65. The first-order valence-corrected chi connectivity index (χ1v) is 18.7. The first-order valence-electron chi connectivity index (χ1n) is 17.9. The normalized spacial score (nSPS) is 14.3. The van der Waals surface area contributed by atoms with Crippen molar-refractivity contribution in [2.24, 2.45) is 0 Å². The summed E-state index contributed by atoms with van der Waals surface area (Å²) in [6.07, 6.45) is 5.30. The number of likely N-dealkylation sites (N-methyl/N-ethyl adjacent to an activating group) is 1. The van der Waals surface area contributed by atoms with Crippen molar-refractivity contribution in [3.05, 3.63) is 116 Å². The molecule has 0 atom stereocenters. The van der Waals surface area contributed by atoms with E-state index in [0.717, 1.165) is 79.7 Å². The van der Waals surface area contributed by atoms with Gasteiger partial charge in [0.2, 0.25) is 0 Å². The van der Waals surface area contributed by atoms with Crippen LogP contribution in [0.15, 0.2) is 66.7 Å². The highest BCUT2D eigenvalue weighted by Crippen LogP contribution is 2.39. The van der Waals surface area contributed by atoms with Gasteiger partial charge in [0.15, 0.2) is 0 Å². The number of rotatable bonds is 12. The molecule has 0 bridgehead atoms. The number of amides is 3. The number of thiophene rings is 1. The molecule has 3 amide bonds. The summed E-state index contributed by atoms with van der Waals surface area (Å²) in [5.41, 5.74) is 6.87. The van der Waals surface area contributed by atoms with E-state index in [1.165, 1.54) is 24.0 Å². The second kappa shape index (κ2) is 17.1. The highest BCUT2D eigenvalue weighted by Gasteiger charge is 2.27. The summed E-state index contributed by atoms with van der Waals surface area (Å²) in [6, 6.07) is 20.1. The van der Waals surface area contributed by atoms with Crippen LogP contribution in [-0.4, -0.2) is 87.0 Å². The Balaban J connectivity index is 1.11. The zero-order valence-electron chi connectivity index (χ0n) is 30.1. The molecule has 52 heavy (non-hydrogen) atoms. The van der Waals surface area contributed by atoms with Crippen LogP contribution in [0.3, 0.4) is 0 Å². The summed E-state index contributed by atoms with van der Waals surface area (Å²) in [4.78, 5) is 57.7. The van der Waals surface area contributed by atoms with E-state index in [2.05, 4.69) is 15.5 Å². The zero-order chi connectivity index (χ0) is 36.6. The van der Waals surface area contributed by atoms with Gasteiger partial charge in [0.05, 0.1) is 31.5 Å². The van der Waals surface area contributed by atoms with Crippen molar-refractivity contribution >= 4 is 45.7 Å². The van der Waals surface area contributed by atoms with Crippen molar-refractivity contribution in [2.45, 2.75) is 45.4 Å². The van der Waals surface area contributed by atoms with Crippen molar-refractivity contribution in [2.75, 3.05) is 64.2 Å². The minimum absolute atomic E-state index is 0.148. The van der Waals surface area contributed by atoms with Gasteiger partial charge >= 0.3 is 5.97 Å². The quantitative estimate of drug-likeness (QED) is 0.162. The largest absolute Gasteiger partial charge is 0.465 e. The maximum absolute atomic E-state index is 13.9. The molecule has 0 spiro atoms. The van der Waals surface area contributed by atoms with Crippen LogP contribution in [0.1, 0.15) is 81.4 Å². The molecule has 2 aliphatic rings. The molecule has 0 saturated carbocycles. The lowest BCUT2D eigenvalue weighted by Crippen LogP contribution is -2.41. The molecule has 1 aromatic heterocycles. The molecule has 4 aromatic rings. The molecular formula is C41H46N4O6S. The fourth-order valence-electron chi connectivity index (χ4n) is 6.75. The minimum atomic E-state index is -0.363. The number of ether oxygens (including phenoxy) is 2. The standard InChI is InChI=1S/C41H46N4O6S/c1-27-25-33(18-17-29(27)14-11-28-12-15-30(16-13-28)41(49)50-3)42-38(47)36-34-9-4-5-10-35(34)52-39(36)43-37(46)31-7-6-8-32(26-31)40(48)44(2)19-20-45-21-23-51-24-22-45/h6-8,12-13,15-18,25-26H,4-5,9-11,14,19-24H2,1-3H3,(H,42,47)(H,43,46). The summed E-state index contributed by atoms with van der Waals surface area (Å²) in [5.74, 6) is -1.11. The van der Waals surface area contributed by atoms with Gasteiger partial charge in [0.1, 0.15) is 5.00 Å². The zero-order valence-corrected chi connectivity index (χ0v) is 30.9. The van der Waals surface area contributed by atoms with E-state index >= 15 is 0 Å². The highest BCUT2D eigenvalue weighted by molar-refractivity contribution is 7.17. The maximum atomic E-state index is 13.9. The van der Waals surface area contributed by atoms with E-state index in [1.54, 1.807) is 48.3 Å². The number of carbonyl (C=O) groups excluding carboxylic acids is 4. The van der Waals surface area contributed by atoms with Crippen LogP contribution in [0.2, 0.25) is 0 Å². The number of nitrogens with one attached hydrogen (secondary N) is 2. The van der Waals surface area contributed by atoms with Gasteiger partial charge in [0.25, 0.3) is 17.7 Å². The molecule has 2 N–H and O–H groups in total. The fourth-order valence-corrected chi connectivity index (χ4v) is 8.03. The lowest BCUT2D eigenvalue weighted by atomic mass is 9.95. The van der Waals surface area contributed by atoms with Crippen molar-refractivity contribution in [1.29, 1.82) is 0 Å². The van der Waals surface area contributed by atoms with E-state index in [-0.39, 0.29) is 23.7 Å². The Hall–Kier alpha value is -4.84. The molecule has 272 valence electrons. The molecule has 6 rings (SSSR count). The predicted octanol–water partition coefficient (Wildman–Crippen LogP) is 6.42. The number of hydrogen-bond acceptors (Lipinski definition) is 8. The van der Waals surface area contributed by atoms with E-state index in [4.69, 9.17) is 9.47 Å². The smallest absolute Gasteiger partial charge is 0.337 e. The van der Waals surface area contributed by atoms with Crippen LogP contribution >= 0.6 is 11.3 Å². The van der Waals surface area contributed by atoms with Crippen LogP contribution in [-0.2, 0) is 35.2 Å². The molecule has 1 fully saturated rings. The Labute approximate surface area is 309 Å². The van der Waals surface area contributed by atoms with Crippen molar-refractivity contribution in [3.63, 3.8) is 0 Å². The van der Waals surface area contributed by atoms with E-state index in [9.17, 15) is 19.2 Å². The molecule has 0 unspecified atom stereocenters. The number of nitrogens with zero attached hydrogens (tertiary/aromatic N) is 2. The first kappa shape index (κ1) is 36.9. The summed E-state index contributed by atoms with van der Waals surface area (Å²) < 4.78 is 10.2. The number of benzene rings is 3. The van der Waals surface area contributed by atoms with Crippen molar-refractivity contribution < 1.29 is 28.7 Å². The van der Waals surface area contributed by atoms with Crippen LogP contribution in [0.4, 0.5) is 10.7 Å². The first-order chi connectivity index (χ1) is 25.2. The van der Waals surface area contributed by atoms with Gasteiger partial charge in [-0.2, -0.15) is 0 Å². The molecule has 1 saturated heterocycles. The van der Waals surface area contributed by atoms with Crippen LogP contribution in [0.5, 0.6) is 0 Å². The van der Waals surface area contributed by atoms with E-state index < -0.39 is 0 Å². The lowest BCUT2D eigenvalue weighted by Gasteiger charge is -2.28. The third kappa shape index (κ3) is 8.96. The summed E-state index contributed by atoms with van der Waals surface area (Å²) in [7, 11) is 3.15. The fraction of sp³-hybridized carbons (Fsp3) is 0.366. The van der Waals surface area contributed by atoms with E-state index in [0.29, 0.717) is 52.7 Å². The Morgan fingerprint density at radius 1 is 0.865 bits per heavy atom. The van der Waals surface area contributed by atoms with E-state index in [1.807, 2.05) is 37.3 Å². The van der Waals surface area contributed by atoms with Crippen molar-refractivity contribution in [1.82, 2.24) is 9.80 Å². The SMILES string of the molecule is COC(=O)c1ccc(CCc2ccc(NC(=O)c3c(NC(=O)c4cccc(C(=O)N(C)CCN5CCOCC5)c4)sc4c3CCCC4)cc2C)cc1. The predicted molar refractivity (Wildman–Crippen MR) is 204 cm³/mol. The Kier molecular flexibility index (Phi) is 12.2. The average molecular weight is 723 g/mol. The number of esters is 1. The summed E-state index contributed by atoms with van der Waals surface area (Å²) in [6.45, 7) is 6.49. The van der Waals surface area contributed by atoms with Gasteiger partial charge in [-0.15, -0.1) is 11.3 Å². The van der Waals surface area contributed by atoms with Crippen LogP contribution < -0.4 is 10.6 Å². The number of methoxy groups -OCH3 is 1. The number of anilines is 2. The van der Waals surface area contributed by atoms with Crippen LogP contribution in [0, 0.1) is 6.92 Å². The molecule has 1 aliphatic carbocycles. The third-order valence-electron chi connectivity index (χ3n) is 9.86. The Morgan fingerprint density at radius 2 is 1.62 bits per heavy atom. The maximum Gasteiger partial charge on any atom is 0.337 e. The molecule has 11 heteroatoms. The molecule has 1 aliphatic heterocycles. The molecule has 0 radical (unpaired) electrons. The molecule has 10 nitrogen and oxygen atoms in total. The number of carbonyl (C=O) groups is 4. The number of morpholine rings is 1. The minimum Gasteiger partial charge on any atom is -0.465 e. The summed E-state index contributed by atoms with van der Waals surface area (Å²) >= 11 is 1.47. The average Bonchev–Trinajstić information content (AvgIpc) is 3.54. The number of fused-ring (bicyclic) bond motifs is 1. The van der Waals surface area contributed by atoms with Gasteiger partial charge < -0.3 is 25.0 Å². The van der Waals surface area contributed by atoms with Crippen LogP contribution in [0.25, 0.3) is 0 Å². The Bertz CT molecular complexity index is 1930. The van der Waals surface area contributed by atoms with Gasteiger partial charge in [-0.05, 0) is 110 Å². The number of hydrogen-bond donors (Lipinski definition) is 2. The second-order valence-corrected chi connectivity index (χ2v) is 14.5. The number of aryl methyl sites for hydroxylation is 4. The Morgan fingerprint density at radius 3 is 2.37 bits per heavy atom. The molecule has 2 heterocycles. The van der Waals surface area contributed by atoms with Gasteiger partial charge in [-0.1, -0.05) is 24.3 Å². The lowest BCUT2D eigenvalue weighted by molar-refractivity contribution is 0.0338. The van der Waals surface area contributed by atoms with Crippen molar-refractivity contribution in [3.8, 4) is 0 Å². The second-order valence-electron chi connectivity index (χ2n) is 13.4. The highest BCUT2D eigenvalue weighted by atomic mass is 32.1. The monoisotopic (exact) mass is 722 g/mol. The third-order valence-corrected chi connectivity index (χ3v) is 11.1. The molecular weight excluding hydrogens is 677 g/mol.